The van der Waals surface area contributed by atoms with E-state index in [2.05, 4.69) is 5.32 Å². The number of anilines is 1. The quantitative estimate of drug-likeness (QED) is 0.519. The molecule has 0 fully saturated rings. The summed E-state index contributed by atoms with van der Waals surface area (Å²) in [5, 5.41) is 4.85. The third-order valence-electron chi connectivity index (χ3n) is 4.60. The number of nitrogens with one attached hydrogen (secondary N) is 1. The number of carbonyl (C=O) groups excluding carboxylic acids is 1. The first-order chi connectivity index (χ1) is 14.3. The minimum absolute atomic E-state index is 0.309. The van der Waals surface area contributed by atoms with Gasteiger partial charge in [0.1, 0.15) is 17.1 Å². The Balaban J connectivity index is 1.78. The molecule has 4 rings (SSSR count). The van der Waals surface area contributed by atoms with Gasteiger partial charge in [0.2, 0.25) is 5.91 Å². The molecule has 2 heterocycles. The molecular formula is C21H15ClFN3O3S. The summed E-state index contributed by atoms with van der Waals surface area (Å²) >= 11 is 7.10. The Hall–Kier alpha value is -3.23. The van der Waals surface area contributed by atoms with Crippen LogP contribution in [0.25, 0.3) is 15.9 Å². The number of nitrogens with zero attached hydrogens (tertiary/aromatic N) is 2. The topological polar surface area (TPSA) is 73.1 Å². The summed E-state index contributed by atoms with van der Waals surface area (Å²) in [5.41, 5.74) is 0.640. The molecular weight excluding hydrogens is 429 g/mol. The van der Waals surface area contributed by atoms with Gasteiger partial charge in [-0.3, -0.25) is 14.2 Å². The van der Waals surface area contributed by atoms with Crippen molar-refractivity contribution in [2.75, 3.05) is 5.32 Å². The third-order valence-corrected chi connectivity index (χ3v) is 5.75. The van der Waals surface area contributed by atoms with Crippen LogP contribution in [0.4, 0.5) is 10.1 Å². The number of fused-ring (bicyclic) bond motifs is 1. The standard InChI is InChI=1S/C21H15ClFN3O3S/c1-12-10-14(23)4-7-16(12)24-18(27)11-25-17-8-9-30-19(17)20(28)26(21(25)29)15-5-2-13(22)3-6-15/h2-10H,11H2,1H3,(H,24,27). The van der Waals surface area contributed by atoms with E-state index in [1.807, 2.05) is 0 Å². The van der Waals surface area contributed by atoms with Crippen molar-refractivity contribution in [1.82, 2.24) is 9.13 Å². The van der Waals surface area contributed by atoms with E-state index in [-0.39, 0.29) is 6.54 Å². The highest BCUT2D eigenvalue weighted by Crippen LogP contribution is 2.19. The van der Waals surface area contributed by atoms with E-state index in [9.17, 15) is 18.8 Å². The van der Waals surface area contributed by atoms with Crippen LogP contribution in [0.2, 0.25) is 5.02 Å². The lowest BCUT2D eigenvalue weighted by atomic mass is 10.2. The van der Waals surface area contributed by atoms with Crippen molar-refractivity contribution >= 4 is 44.7 Å². The highest BCUT2D eigenvalue weighted by molar-refractivity contribution is 7.17. The maximum absolute atomic E-state index is 13.3. The van der Waals surface area contributed by atoms with E-state index in [0.29, 0.717) is 32.2 Å². The molecule has 1 N–H and O–H groups in total. The van der Waals surface area contributed by atoms with E-state index in [0.717, 1.165) is 4.57 Å². The van der Waals surface area contributed by atoms with Crippen molar-refractivity contribution < 1.29 is 9.18 Å². The van der Waals surface area contributed by atoms with Gasteiger partial charge >= 0.3 is 5.69 Å². The lowest BCUT2D eigenvalue weighted by Crippen LogP contribution is -2.40. The van der Waals surface area contributed by atoms with Crippen LogP contribution in [0.15, 0.2) is 63.5 Å². The molecule has 0 aliphatic heterocycles. The van der Waals surface area contributed by atoms with Crippen LogP contribution in [0, 0.1) is 12.7 Å². The van der Waals surface area contributed by atoms with E-state index in [1.165, 1.54) is 34.1 Å². The number of carbonyl (C=O) groups is 1. The van der Waals surface area contributed by atoms with Gasteiger partial charge in [0, 0.05) is 10.7 Å². The van der Waals surface area contributed by atoms with Gasteiger partial charge in [0.25, 0.3) is 5.56 Å². The zero-order chi connectivity index (χ0) is 21.4. The van der Waals surface area contributed by atoms with Crippen molar-refractivity contribution in [1.29, 1.82) is 0 Å². The lowest BCUT2D eigenvalue weighted by Gasteiger charge is -2.13. The Kier molecular flexibility index (Phi) is 5.27. The van der Waals surface area contributed by atoms with Crippen molar-refractivity contribution in [3.8, 4) is 5.69 Å². The number of amides is 1. The van der Waals surface area contributed by atoms with Crippen molar-refractivity contribution in [2.24, 2.45) is 0 Å². The number of halogens is 2. The average Bonchev–Trinajstić information content (AvgIpc) is 3.19. The van der Waals surface area contributed by atoms with E-state index >= 15 is 0 Å². The predicted molar refractivity (Wildman–Crippen MR) is 116 cm³/mol. The van der Waals surface area contributed by atoms with Gasteiger partial charge in [-0.25, -0.2) is 13.8 Å². The summed E-state index contributed by atoms with van der Waals surface area (Å²) in [6.07, 6.45) is 0. The number of rotatable bonds is 4. The van der Waals surface area contributed by atoms with Gasteiger partial charge in [-0.05, 0) is 66.4 Å². The molecule has 0 saturated carbocycles. The molecule has 2 aromatic heterocycles. The molecule has 0 unspecified atom stereocenters. The lowest BCUT2D eigenvalue weighted by molar-refractivity contribution is -0.116. The van der Waals surface area contributed by atoms with Crippen molar-refractivity contribution in [3.63, 3.8) is 0 Å². The molecule has 0 bridgehead atoms. The van der Waals surface area contributed by atoms with Gasteiger partial charge in [0.05, 0.1) is 11.2 Å². The summed E-state index contributed by atoms with van der Waals surface area (Å²) in [7, 11) is 0. The first-order valence-corrected chi connectivity index (χ1v) is 10.2. The Morgan fingerprint density at radius 1 is 1.13 bits per heavy atom. The zero-order valence-corrected chi connectivity index (χ0v) is 17.3. The number of thiophene rings is 1. The molecule has 1 amide bonds. The van der Waals surface area contributed by atoms with Gasteiger partial charge in [-0.2, -0.15) is 0 Å². The molecule has 0 saturated heterocycles. The summed E-state index contributed by atoms with van der Waals surface area (Å²) in [5.74, 6) is -0.877. The molecule has 0 atom stereocenters. The normalized spacial score (nSPS) is 11.0. The van der Waals surface area contributed by atoms with Crippen molar-refractivity contribution in [3.05, 3.63) is 91.2 Å². The molecule has 0 aliphatic carbocycles. The van der Waals surface area contributed by atoms with Gasteiger partial charge in [-0.1, -0.05) is 11.6 Å². The number of aryl methyl sites for hydroxylation is 1. The molecule has 9 heteroatoms. The highest BCUT2D eigenvalue weighted by atomic mass is 35.5. The molecule has 0 aliphatic rings. The summed E-state index contributed by atoms with van der Waals surface area (Å²) in [6.45, 7) is 1.36. The monoisotopic (exact) mass is 443 g/mol. The fraction of sp³-hybridized carbons (Fsp3) is 0.0952. The number of aromatic nitrogens is 2. The van der Waals surface area contributed by atoms with E-state index < -0.39 is 23.0 Å². The molecule has 152 valence electrons. The van der Waals surface area contributed by atoms with Crippen LogP contribution < -0.4 is 16.6 Å². The molecule has 4 aromatic rings. The van der Waals surface area contributed by atoms with Crippen LogP contribution >= 0.6 is 22.9 Å². The summed E-state index contributed by atoms with van der Waals surface area (Å²) < 4.78 is 15.9. The minimum Gasteiger partial charge on any atom is -0.324 e. The van der Waals surface area contributed by atoms with Crippen LogP contribution in [0.1, 0.15) is 5.56 Å². The van der Waals surface area contributed by atoms with Gasteiger partial charge < -0.3 is 5.32 Å². The fourth-order valence-corrected chi connectivity index (χ4v) is 4.11. The Labute approximate surface area is 178 Å². The second-order valence-electron chi connectivity index (χ2n) is 6.63. The average molecular weight is 444 g/mol. The maximum Gasteiger partial charge on any atom is 0.336 e. The van der Waals surface area contributed by atoms with Crippen LogP contribution in [-0.4, -0.2) is 15.0 Å². The largest absolute Gasteiger partial charge is 0.336 e. The Morgan fingerprint density at radius 2 is 1.87 bits per heavy atom. The maximum atomic E-state index is 13.3. The minimum atomic E-state index is -0.640. The molecule has 0 spiro atoms. The van der Waals surface area contributed by atoms with Gasteiger partial charge in [0.15, 0.2) is 0 Å². The van der Waals surface area contributed by atoms with Crippen LogP contribution in [0.3, 0.4) is 0 Å². The molecule has 2 aromatic carbocycles. The first-order valence-electron chi connectivity index (χ1n) is 8.90. The van der Waals surface area contributed by atoms with E-state index in [1.54, 1.807) is 42.6 Å². The van der Waals surface area contributed by atoms with Crippen LogP contribution in [0.5, 0.6) is 0 Å². The molecule has 6 nitrogen and oxygen atoms in total. The summed E-state index contributed by atoms with van der Waals surface area (Å²) in [6, 6.07) is 11.9. The summed E-state index contributed by atoms with van der Waals surface area (Å²) in [4.78, 5) is 38.7. The second kappa shape index (κ2) is 7.89. The Bertz CT molecular complexity index is 1390. The molecule has 0 radical (unpaired) electrons. The fourth-order valence-electron chi connectivity index (χ4n) is 3.16. The smallest absolute Gasteiger partial charge is 0.324 e. The van der Waals surface area contributed by atoms with Crippen molar-refractivity contribution in [2.45, 2.75) is 13.5 Å². The number of hydrogen-bond acceptors (Lipinski definition) is 4. The SMILES string of the molecule is Cc1cc(F)ccc1NC(=O)Cn1c(=O)n(-c2ccc(Cl)cc2)c(=O)c2sccc21. The van der Waals surface area contributed by atoms with Gasteiger partial charge in [-0.15, -0.1) is 11.3 Å². The number of hydrogen-bond donors (Lipinski definition) is 1. The highest BCUT2D eigenvalue weighted by Gasteiger charge is 2.18. The van der Waals surface area contributed by atoms with E-state index in [4.69, 9.17) is 11.6 Å². The zero-order valence-electron chi connectivity index (χ0n) is 15.7. The predicted octanol–water partition coefficient (Wildman–Crippen LogP) is 3.95. The molecule has 30 heavy (non-hydrogen) atoms. The Morgan fingerprint density at radius 3 is 2.57 bits per heavy atom. The van der Waals surface area contributed by atoms with Crippen LogP contribution in [-0.2, 0) is 11.3 Å². The second-order valence-corrected chi connectivity index (χ2v) is 7.98. The number of benzene rings is 2. The third kappa shape index (κ3) is 3.67. The first kappa shape index (κ1) is 20.1.